The Morgan fingerprint density at radius 2 is 1.50 bits per heavy atom. The highest BCUT2D eigenvalue weighted by Crippen LogP contribution is 2.28. The molecule has 1 aromatic heterocycles. The van der Waals surface area contributed by atoms with Gasteiger partial charge in [-0.05, 0) is 11.1 Å². The third-order valence-electron chi connectivity index (χ3n) is 3.69. The van der Waals surface area contributed by atoms with Crippen molar-refractivity contribution < 1.29 is 4.79 Å². The number of benzene rings is 2. The van der Waals surface area contributed by atoms with E-state index in [-0.39, 0.29) is 5.91 Å². The summed E-state index contributed by atoms with van der Waals surface area (Å²) < 4.78 is 0. The van der Waals surface area contributed by atoms with E-state index in [1.165, 1.54) is 22.5 Å². The van der Waals surface area contributed by atoms with Gasteiger partial charge in [0.15, 0.2) is 5.13 Å². The normalized spacial score (nSPS) is 11.3. The fraction of sp³-hybridized carbons (Fsp3) is 0.200. The summed E-state index contributed by atoms with van der Waals surface area (Å²) in [7, 11) is 0. The molecule has 0 atom stereocenters. The second kappa shape index (κ2) is 6.57. The van der Waals surface area contributed by atoms with Crippen LogP contribution in [-0.4, -0.2) is 10.9 Å². The van der Waals surface area contributed by atoms with E-state index >= 15 is 0 Å². The van der Waals surface area contributed by atoms with E-state index in [2.05, 4.69) is 46.7 Å². The lowest BCUT2D eigenvalue weighted by Crippen LogP contribution is -2.27. The first-order valence-electron chi connectivity index (χ1n) is 7.86. The average Bonchev–Trinajstić information content (AvgIpc) is 3.03. The van der Waals surface area contributed by atoms with Crippen molar-refractivity contribution in [1.82, 2.24) is 4.98 Å². The van der Waals surface area contributed by atoms with Crippen LogP contribution in [0.5, 0.6) is 0 Å². The molecule has 2 aromatic carbocycles. The van der Waals surface area contributed by atoms with Gasteiger partial charge in [-0.1, -0.05) is 75.4 Å². The van der Waals surface area contributed by atoms with Crippen LogP contribution in [0.15, 0.2) is 60.0 Å². The van der Waals surface area contributed by atoms with Gasteiger partial charge in [-0.2, -0.15) is 0 Å². The molecule has 4 heteroatoms. The molecule has 24 heavy (non-hydrogen) atoms. The summed E-state index contributed by atoms with van der Waals surface area (Å²) in [5.41, 5.74) is 3.87. The molecule has 0 fully saturated rings. The predicted octanol–water partition coefficient (Wildman–Crippen LogP) is 5.46. The van der Waals surface area contributed by atoms with Gasteiger partial charge in [0.05, 0.1) is 5.69 Å². The maximum absolute atomic E-state index is 12.0. The number of hydrogen-bond donors (Lipinski definition) is 1. The second-order valence-electron chi connectivity index (χ2n) is 6.69. The Morgan fingerprint density at radius 3 is 2.12 bits per heavy atom. The van der Waals surface area contributed by atoms with Crippen molar-refractivity contribution in [3.05, 3.63) is 60.0 Å². The molecule has 0 saturated carbocycles. The molecule has 3 nitrogen and oxygen atoms in total. The maximum Gasteiger partial charge on any atom is 0.231 e. The molecule has 3 aromatic rings. The SMILES string of the molecule is CC(C)(C)C(=O)Nc1nc(-c2ccc(-c3ccccc3)cc2)cs1. The van der Waals surface area contributed by atoms with Crippen molar-refractivity contribution >= 4 is 22.4 Å². The summed E-state index contributed by atoms with van der Waals surface area (Å²) in [6, 6.07) is 18.6. The molecule has 0 saturated heterocycles. The van der Waals surface area contributed by atoms with Crippen molar-refractivity contribution in [2.24, 2.45) is 5.41 Å². The number of nitrogens with one attached hydrogen (secondary N) is 1. The van der Waals surface area contributed by atoms with Crippen LogP contribution in [0.3, 0.4) is 0 Å². The predicted molar refractivity (Wildman–Crippen MR) is 101 cm³/mol. The van der Waals surface area contributed by atoms with Crippen LogP contribution in [0, 0.1) is 5.41 Å². The minimum absolute atomic E-state index is 0.0252. The summed E-state index contributed by atoms with van der Waals surface area (Å²) in [5.74, 6) is -0.0252. The Morgan fingerprint density at radius 1 is 0.917 bits per heavy atom. The van der Waals surface area contributed by atoms with Gasteiger partial charge in [0.2, 0.25) is 5.91 Å². The van der Waals surface area contributed by atoms with Gasteiger partial charge in [-0.15, -0.1) is 11.3 Å². The van der Waals surface area contributed by atoms with Gasteiger partial charge < -0.3 is 5.32 Å². The molecule has 0 aliphatic rings. The van der Waals surface area contributed by atoms with Crippen LogP contribution in [0.25, 0.3) is 22.4 Å². The monoisotopic (exact) mass is 336 g/mol. The van der Waals surface area contributed by atoms with Crippen LogP contribution >= 0.6 is 11.3 Å². The lowest BCUT2D eigenvalue weighted by Gasteiger charge is -2.15. The number of hydrogen-bond acceptors (Lipinski definition) is 3. The van der Waals surface area contributed by atoms with E-state index in [4.69, 9.17) is 0 Å². The number of anilines is 1. The smallest absolute Gasteiger partial charge is 0.231 e. The summed E-state index contributed by atoms with van der Waals surface area (Å²) >= 11 is 1.45. The molecule has 0 radical (unpaired) electrons. The average molecular weight is 336 g/mol. The van der Waals surface area contributed by atoms with E-state index in [0.717, 1.165) is 11.3 Å². The second-order valence-corrected chi connectivity index (χ2v) is 7.54. The summed E-state index contributed by atoms with van der Waals surface area (Å²) in [6.07, 6.45) is 0. The molecule has 122 valence electrons. The Bertz CT molecular complexity index is 830. The molecule has 1 N–H and O–H groups in total. The highest BCUT2D eigenvalue weighted by atomic mass is 32.1. The highest BCUT2D eigenvalue weighted by Gasteiger charge is 2.22. The van der Waals surface area contributed by atoms with Gasteiger partial charge >= 0.3 is 0 Å². The molecule has 0 unspecified atom stereocenters. The van der Waals surface area contributed by atoms with E-state index in [0.29, 0.717) is 5.13 Å². The molecule has 0 aliphatic carbocycles. The van der Waals surface area contributed by atoms with Crippen molar-refractivity contribution in [2.75, 3.05) is 5.32 Å². The van der Waals surface area contributed by atoms with Crippen molar-refractivity contribution in [3.63, 3.8) is 0 Å². The lowest BCUT2D eigenvalue weighted by molar-refractivity contribution is -0.123. The largest absolute Gasteiger partial charge is 0.302 e. The summed E-state index contributed by atoms with van der Waals surface area (Å²) in [6.45, 7) is 5.66. The molecule has 0 bridgehead atoms. The zero-order valence-corrected chi connectivity index (χ0v) is 14.9. The van der Waals surface area contributed by atoms with Gasteiger partial charge in [0, 0.05) is 16.4 Å². The molecular formula is C20H20N2OS. The fourth-order valence-electron chi connectivity index (χ4n) is 2.21. The van der Waals surface area contributed by atoms with Crippen molar-refractivity contribution in [1.29, 1.82) is 0 Å². The minimum atomic E-state index is -0.427. The fourth-order valence-corrected chi connectivity index (χ4v) is 2.93. The first kappa shape index (κ1) is 16.4. The maximum atomic E-state index is 12.0. The minimum Gasteiger partial charge on any atom is -0.302 e. The topological polar surface area (TPSA) is 42.0 Å². The number of carbonyl (C=O) groups is 1. The molecule has 1 amide bonds. The van der Waals surface area contributed by atoms with Crippen LogP contribution in [0.4, 0.5) is 5.13 Å². The zero-order valence-electron chi connectivity index (χ0n) is 14.0. The van der Waals surface area contributed by atoms with Gasteiger partial charge in [-0.25, -0.2) is 4.98 Å². The Hall–Kier alpha value is -2.46. The van der Waals surface area contributed by atoms with Crippen molar-refractivity contribution in [3.8, 4) is 22.4 Å². The first-order chi connectivity index (χ1) is 11.4. The van der Waals surface area contributed by atoms with Crippen LogP contribution in [-0.2, 0) is 4.79 Å². The van der Waals surface area contributed by atoms with Crippen molar-refractivity contribution in [2.45, 2.75) is 20.8 Å². The summed E-state index contributed by atoms with van der Waals surface area (Å²) in [4.78, 5) is 16.6. The van der Waals surface area contributed by atoms with Crippen LogP contribution in [0.1, 0.15) is 20.8 Å². The first-order valence-corrected chi connectivity index (χ1v) is 8.74. The quantitative estimate of drug-likeness (QED) is 0.690. The van der Waals surface area contributed by atoms with E-state index < -0.39 is 5.41 Å². The number of rotatable bonds is 3. The standard InChI is InChI=1S/C20H20N2OS/c1-20(2,3)18(23)22-19-21-17(13-24-19)16-11-9-15(10-12-16)14-7-5-4-6-8-14/h4-13H,1-3H3,(H,21,22,23). The van der Waals surface area contributed by atoms with Gasteiger partial charge in [-0.3, -0.25) is 4.79 Å². The van der Waals surface area contributed by atoms with E-state index in [9.17, 15) is 4.79 Å². The molecule has 0 aliphatic heterocycles. The zero-order chi connectivity index (χ0) is 17.2. The number of aromatic nitrogens is 1. The highest BCUT2D eigenvalue weighted by molar-refractivity contribution is 7.14. The lowest BCUT2D eigenvalue weighted by atomic mass is 9.96. The third kappa shape index (κ3) is 3.71. The molecule has 0 spiro atoms. The van der Waals surface area contributed by atoms with Crippen LogP contribution < -0.4 is 5.32 Å². The van der Waals surface area contributed by atoms with Crippen LogP contribution in [0.2, 0.25) is 0 Å². The number of nitrogens with zero attached hydrogens (tertiary/aromatic N) is 1. The van der Waals surface area contributed by atoms with E-state index in [1.54, 1.807) is 0 Å². The Kier molecular flexibility index (Phi) is 4.49. The summed E-state index contributed by atoms with van der Waals surface area (Å²) in [5, 5.41) is 5.48. The number of amides is 1. The Balaban J connectivity index is 1.77. The van der Waals surface area contributed by atoms with Gasteiger partial charge in [0.1, 0.15) is 0 Å². The molecule has 1 heterocycles. The number of thiazole rings is 1. The third-order valence-corrected chi connectivity index (χ3v) is 4.45. The Labute approximate surface area is 146 Å². The number of carbonyl (C=O) groups excluding carboxylic acids is 1. The molecule has 3 rings (SSSR count). The van der Waals surface area contributed by atoms with Gasteiger partial charge in [0.25, 0.3) is 0 Å². The molecular weight excluding hydrogens is 316 g/mol. The van der Waals surface area contributed by atoms with E-state index in [1.807, 2.05) is 44.4 Å².